The van der Waals surface area contributed by atoms with Crippen LogP contribution in [0.3, 0.4) is 0 Å². The van der Waals surface area contributed by atoms with Crippen LogP contribution in [-0.4, -0.2) is 40.2 Å². The number of carbonyl (C=O) groups is 1. The highest BCUT2D eigenvalue weighted by molar-refractivity contribution is 6.04. The van der Waals surface area contributed by atoms with Gasteiger partial charge in [-0.15, -0.1) is 0 Å². The number of hydrogen-bond donors (Lipinski definition) is 1. The third-order valence-electron chi connectivity index (χ3n) is 5.74. The highest BCUT2D eigenvalue weighted by atomic mass is 16.2. The second-order valence-electron chi connectivity index (χ2n) is 7.80. The maximum absolute atomic E-state index is 13.2. The van der Waals surface area contributed by atoms with E-state index >= 15 is 0 Å². The molecule has 1 aromatic heterocycles. The molecule has 4 rings (SSSR count). The number of likely N-dealkylation sites (tertiary alicyclic amines) is 1. The van der Waals surface area contributed by atoms with Gasteiger partial charge >= 0.3 is 0 Å². The van der Waals surface area contributed by atoms with Crippen LogP contribution in [0.5, 0.6) is 0 Å². The van der Waals surface area contributed by atoms with Crippen LogP contribution in [-0.2, 0) is 6.54 Å². The number of aryl methyl sites for hydroxylation is 1. The molecule has 1 atom stereocenters. The summed E-state index contributed by atoms with van der Waals surface area (Å²) in [6, 6.07) is 17.7. The monoisotopic (exact) mass is 404 g/mol. The Hall–Kier alpha value is -2.99. The lowest BCUT2D eigenvalue weighted by Crippen LogP contribution is -2.38. The van der Waals surface area contributed by atoms with Crippen molar-refractivity contribution in [3.8, 4) is 0 Å². The molecular weight excluding hydrogens is 376 g/mol. The lowest BCUT2D eigenvalue weighted by atomic mass is 10.1. The van der Waals surface area contributed by atoms with Crippen molar-refractivity contribution >= 4 is 16.7 Å². The van der Waals surface area contributed by atoms with Gasteiger partial charge in [0.05, 0.1) is 11.4 Å². The highest BCUT2D eigenvalue weighted by Gasteiger charge is 2.25. The Morgan fingerprint density at radius 3 is 2.40 bits per heavy atom. The second-order valence-corrected chi connectivity index (χ2v) is 7.80. The van der Waals surface area contributed by atoms with E-state index in [4.69, 9.17) is 0 Å². The van der Waals surface area contributed by atoms with Gasteiger partial charge in [0, 0.05) is 18.5 Å². The normalized spacial score (nSPS) is 15.4. The number of aromatic nitrogens is 2. The van der Waals surface area contributed by atoms with Crippen LogP contribution in [0.15, 0.2) is 59.4 Å². The summed E-state index contributed by atoms with van der Waals surface area (Å²) >= 11 is 0. The molecule has 2 heterocycles. The summed E-state index contributed by atoms with van der Waals surface area (Å²) in [4.78, 5) is 28.3. The van der Waals surface area contributed by atoms with Crippen molar-refractivity contribution in [1.82, 2.24) is 20.0 Å². The number of carbonyl (C=O) groups excluding carboxylic acids is 1. The molecule has 1 aliphatic heterocycles. The van der Waals surface area contributed by atoms with E-state index in [-0.39, 0.29) is 17.5 Å². The van der Waals surface area contributed by atoms with Gasteiger partial charge in [0.15, 0.2) is 5.69 Å². The fraction of sp³-hybridized carbons (Fsp3) is 0.375. The molecule has 0 radical (unpaired) electrons. The molecule has 1 aliphatic rings. The molecule has 1 unspecified atom stereocenters. The minimum Gasteiger partial charge on any atom is -0.349 e. The minimum absolute atomic E-state index is 0.130. The lowest BCUT2D eigenvalue weighted by molar-refractivity contribution is 0.0932. The first-order valence-electron chi connectivity index (χ1n) is 10.8. The Labute approximate surface area is 176 Å². The number of nitrogens with zero attached hydrogens (tertiary/aromatic N) is 3. The van der Waals surface area contributed by atoms with Crippen LogP contribution < -0.4 is 10.9 Å². The van der Waals surface area contributed by atoms with Gasteiger partial charge in [-0.1, -0.05) is 55.5 Å². The van der Waals surface area contributed by atoms with Gasteiger partial charge < -0.3 is 5.32 Å². The van der Waals surface area contributed by atoms with E-state index in [0.717, 1.165) is 19.5 Å². The van der Waals surface area contributed by atoms with E-state index in [9.17, 15) is 9.59 Å². The van der Waals surface area contributed by atoms with Gasteiger partial charge in [-0.25, -0.2) is 4.68 Å². The standard InChI is InChI=1S/C24H28N4O2/c1-2-14-28-24(30)20-13-7-6-12-19(20)22(26-28)23(29)25-17-21(27-15-8-9-16-27)18-10-4-3-5-11-18/h3-7,10-13,21H,2,8-9,14-17H2,1H3,(H,25,29). The smallest absolute Gasteiger partial charge is 0.274 e. The lowest BCUT2D eigenvalue weighted by Gasteiger charge is -2.28. The molecule has 1 amide bonds. The minimum atomic E-state index is -0.240. The molecule has 156 valence electrons. The Morgan fingerprint density at radius 1 is 1.03 bits per heavy atom. The number of hydrogen-bond acceptors (Lipinski definition) is 4. The molecule has 0 saturated carbocycles. The second kappa shape index (κ2) is 9.22. The Balaban J connectivity index is 1.62. The van der Waals surface area contributed by atoms with Crippen LogP contribution in [0.4, 0.5) is 0 Å². The fourth-order valence-corrected chi connectivity index (χ4v) is 4.23. The van der Waals surface area contributed by atoms with Gasteiger partial charge in [-0.05, 0) is 44.0 Å². The van der Waals surface area contributed by atoms with Crippen molar-refractivity contribution < 1.29 is 4.79 Å². The first kappa shape index (κ1) is 20.3. The van der Waals surface area contributed by atoms with E-state index < -0.39 is 0 Å². The topological polar surface area (TPSA) is 67.2 Å². The number of benzene rings is 2. The number of amides is 1. The molecule has 3 aromatic rings. The van der Waals surface area contributed by atoms with Crippen LogP contribution in [0.25, 0.3) is 10.8 Å². The van der Waals surface area contributed by atoms with Crippen molar-refractivity contribution in [3.05, 3.63) is 76.2 Å². The number of nitrogens with one attached hydrogen (secondary N) is 1. The number of fused-ring (bicyclic) bond motifs is 1. The summed E-state index contributed by atoms with van der Waals surface area (Å²) in [5.41, 5.74) is 1.36. The van der Waals surface area contributed by atoms with Gasteiger partial charge in [0.1, 0.15) is 0 Å². The predicted molar refractivity (Wildman–Crippen MR) is 119 cm³/mol. The molecule has 1 fully saturated rings. The fourth-order valence-electron chi connectivity index (χ4n) is 4.23. The molecule has 1 N–H and O–H groups in total. The maximum Gasteiger partial charge on any atom is 0.274 e. The van der Waals surface area contributed by atoms with Crippen molar-refractivity contribution in [3.63, 3.8) is 0 Å². The predicted octanol–water partition coefficient (Wildman–Crippen LogP) is 3.37. The summed E-state index contributed by atoms with van der Waals surface area (Å²) in [5.74, 6) is -0.240. The van der Waals surface area contributed by atoms with Crippen molar-refractivity contribution in [2.75, 3.05) is 19.6 Å². The molecule has 6 nitrogen and oxygen atoms in total. The van der Waals surface area contributed by atoms with Crippen LogP contribution in [0.1, 0.15) is 48.3 Å². The molecule has 1 saturated heterocycles. The zero-order valence-corrected chi connectivity index (χ0v) is 17.4. The molecule has 2 aromatic carbocycles. The van der Waals surface area contributed by atoms with Gasteiger partial charge in [-0.2, -0.15) is 5.10 Å². The quantitative estimate of drug-likeness (QED) is 0.656. The van der Waals surface area contributed by atoms with Crippen LogP contribution >= 0.6 is 0 Å². The van der Waals surface area contributed by atoms with Crippen molar-refractivity contribution in [1.29, 1.82) is 0 Å². The average molecular weight is 405 g/mol. The first-order valence-corrected chi connectivity index (χ1v) is 10.8. The molecule has 0 spiro atoms. The van der Waals surface area contributed by atoms with Gasteiger partial charge in [0.2, 0.25) is 0 Å². The summed E-state index contributed by atoms with van der Waals surface area (Å²) < 4.78 is 1.41. The van der Waals surface area contributed by atoms with Crippen LogP contribution in [0.2, 0.25) is 0 Å². The maximum atomic E-state index is 13.2. The average Bonchev–Trinajstić information content (AvgIpc) is 3.31. The third-order valence-corrected chi connectivity index (χ3v) is 5.74. The third kappa shape index (κ3) is 4.14. The van der Waals surface area contributed by atoms with E-state index in [1.807, 2.05) is 37.3 Å². The molecular formula is C24H28N4O2. The summed E-state index contributed by atoms with van der Waals surface area (Å²) in [6.45, 7) is 5.07. The molecule has 6 heteroatoms. The Bertz CT molecular complexity index is 1070. The van der Waals surface area contributed by atoms with Crippen molar-refractivity contribution in [2.45, 2.75) is 38.8 Å². The van der Waals surface area contributed by atoms with Gasteiger partial charge in [-0.3, -0.25) is 14.5 Å². The largest absolute Gasteiger partial charge is 0.349 e. The van der Waals surface area contributed by atoms with Crippen LogP contribution in [0, 0.1) is 0 Å². The SMILES string of the molecule is CCCn1nc(C(=O)NCC(c2ccccc2)N2CCCC2)c2ccccc2c1=O. The molecule has 0 bridgehead atoms. The van der Waals surface area contributed by atoms with Gasteiger partial charge in [0.25, 0.3) is 11.5 Å². The van der Waals surface area contributed by atoms with E-state index in [2.05, 4.69) is 27.4 Å². The highest BCUT2D eigenvalue weighted by Crippen LogP contribution is 2.24. The summed E-state index contributed by atoms with van der Waals surface area (Å²) in [6.07, 6.45) is 3.15. The van der Waals surface area contributed by atoms with E-state index in [1.54, 1.807) is 12.1 Å². The Morgan fingerprint density at radius 2 is 1.70 bits per heavy atom. The summed E-state index contributed by atoms with van der Waals surface area (Å²) in [5, 5.41) is 8.65. The summed E-state index contributed by atoms with van der Waals surface area (Å²) in [7, 11) is 0. The number of rotatable bonds is 7. The first-order chi connectivity index (χ1) is 14.7. The van der Waals surface area contributed by atoms with E-state index in [1.165, 1.54) is 23.1 Å². The zero-order chi connectivity index (χ0) is 20.9. The molecule has 30 heavy (non-hydrogen) atoms. The molecule has 0 aliphatic carbocycles. The van der Waals surface area contributed by atoms with E-state index in [0.29, 0.717) is 29.6 Å². The van der Waals surface area contributed by atoms with Crippen molar-refractivity contribution in [2.24, 2.45) is 0 Å². The Kier molecular flexibility index (Phi) is 6.23. The zero-order valence-electron chi connectivity index (χ0n) is 17.4.